The highest BCUT2D eigenvalue weighted by Crippen LogP contribution is 2.37. The lowest BCUT2D eigenvalue weighted by atomic mass is 9.98. The van der Waals surface area contributed by atoms with Gasteiger partial charge < -0.3 is 4.90 Å². The topological polar surface area (TPSA) is 51.5 Å². The lowest BCUT2D eigenvalue weighted by molar-refractivity contribution is -0.347. The van der Waals surface area contributed by atoms with E-state index in [2.05, 4.69) is 16.8 Å². The van der Waals surface area contributed by atoms with Crippen molar-refractivity contribution in [3.63, 3.8) is 0 Å². The highest BCUT2D eigenvalue weighted by atomic mass is 32.2. The molecule has 4 rings (SSSR count). The van der Waals surface area contributed by atoms with E-state index in [1.54, 1.807) is 36.5 Å². The molecule has 28 heavy (non-hydrogen) atoms. The van der Waals surface area contributed by atoms with Crippen LogP contribution in [-0.2, 0) is 9.84 Å². The largest absolute Gasteiger partial charge is 0.370 e. The Balaban J connectivity index is 1.95. The predicted octanol–water partition coefficient (Wildman–Crippen LogP) is 4.17. The number of aromatic nitrogens is 1. The van der Waals surface area contributed by atoms with Gasteiger partial charge >= 0.3 is 0 Å². The number of anilines is 1. The number of nitrogens with zero attached hydrogens (tertiary/aromatic N) is 1. The van der Waals surface area contributed by atoms with E-state index in [4.69, 9.17) is 0 Å². The number of pyridine rings is 1. The third-order valence-electron chi connectivity index (χ3n) is 5.55. The van der Waals surface area contributed by atoms with Crippen LogP contribution in [-0.4, -0.2) is 21.5 Å². The van der Waals surface area contributed by atoms with Gasteiger partial charge in [0.05, 0.1) is 16.0 Å². The number of rotatable bonds is 3. The van der Waals surface area contributed by atoms with Crippen molar-refractivity contribution in [2.75, 3.05) is 18.0 Å². The summed E-state index contributed by atoms with van der Waals surface area (Å²) >= 11 is 0. The summed E-state index contributed by atoms with van der Waals surface area (Å²) in [4.78, 5) is 5.59. The van der Waals surface area contributed by atoms with Gasteiger partial charge in [0.25, 0.3) is 0 Å². The van der Waals surface area contributed by atoms with Crippen LogP contribution in [0.3, 0.4) is 0 Å². The fraction of sp³-hybridized carbons (Fsp3) is 0.318. The average molecular weight is 400 g/mol. The zero-order valence-electron chi connectivity index (χ0n) is 16.1. The number of aromatic amines is 1. The van der Waals surface area contributed by atoms with Gasteiger partial charge in [0.2, 0.25) is 15.4 Å². The maximum Gasteiger partial charge on any atom is 0.214 e. The van der Waals surface area contributed by atoms with Crippen LogP contribution in [0, 0.1) is 18.7 Å². The van der Waals surface area contributed by atoms with Crippen LogP contribution >= 0.6 is 0 Å². The molecule has 0 radical (unpaired) electrons. The Morgan fingerprint density at radius 3 is 2.43 bits per heavy atom. The van der Waals surface area contributed by atoms with E-state index in [0.29, 0.717) is 17.0 Å². The quantitative estimate of drug-likeness (QED) is 0.664. The Labute approximate surface area is 164 Å². The van der Waals surface area contributed by atoms with Gasteiger partial charge in [0.15, 0.2) is 11.1 Å². The molecule has 0 spiro atoms. The maximum absolute atomic E-state index is 14.1. The maximum atomic E-state index is 14.1. The van der Waals surface area contributed by atoms with E-state index < -0.39 is 9.84 Å². The number of halogens is 1. The minimum absolute atomic E-state index is 0.198. The molecule has 1 fully saturated rings. The van der Waals surface area contributed by atoms with E-state index in [-0.39, 0.29) is 15.6 Å². The Bertz CT molecular complexity index is 1120. The smallest absolute Gasteiger partial charge is 0.214 e. The van der Waals surface area contributed by atoms with Crippen molar-refractivity contribution >= 4 is 26.4 Å². The average Bonchev–Trinajstić information content (AvgIpc) is 2.68. The van der Waals surface area contributed by atoms with E-state index in [9.17, 15) is 12.8 Å². The molecule has 0 amide bonds. The second-order valence-corrected chi connectivity index (χ2v) is 9.60. The molecule has 0 aliphatic carbocycles. The van der Waals surface area contributed by atoms with Crippen molar-refractivity contribution in [2.24, 2.45) is 5.92 Å². The van der Waals surface area contributed by atoms with Crippen LogP contribution in [0.5, 0.6) is 0 Å². The molecule has 6 heteroatoms. The summed E-state index contributed by atoms with van der Waals surface area (Å²) in [5, 5.41) is 0.600. The van der Waals surface area contributed by atoms with Crippen molar-refractivity contribution in [1.82, 2.24) is 0 Å². The number of benzene rings is 2. The molecule has 2 aromatic carbocycles. The Morgan fingerprint density at radius 2 is 1.75 bits per heavy atom. The van der Waals surface area contributed by atoms with Gasteiger partial charge in [-0.2, -0.15) is 0 Å². The Hall–Kier alpha value is -2.47. The van der Waals surface area contributed by atoms with Gasteiger partial charge in [0, 0.05) is 19.2 Å². The Kier molecular flexibility index (Phi) is 4.83. The summed E-state index contributed by atoms with van der Waals surface area (Å²) in [5.41, 5.74) is 2.31. The fourth-order valence-electron chi connectivity index (χ4n) is 3.79. The number of sulfone groups is 1. The summed E-state index contributed by atoms with van der Waals surface area (Å²) in [6, 6.07) is 11.3. The number of aryl methyl sites for hydroxylation is 1. The number of fused-ring (bicyclic) bond motifs is 1. The third-order valence-corrected chi connectivity index (χ3v) is 7.33. The highest BCUT2D eigenvalue weighted by Gasteiger charge is 2.30. The standard InChI is InChI=1S/C22H23FN2O2S/c1-15-3-6-18(7-4-15)28(26,27)21-14-24-20-8-5-17(23)13-19(20)22(21)25-11-9-16(2)10-12-25/h3-8,13-14,16H,9-12H2,1-2H3/p+1. The molecule has 3 aromatic rings. The molecule has 146 valence electrons. The van der Waals surface area contributed by atoms with Crippen LogP contribution in [0.4, 0.5) is 10.1 Å². The highest BCUT2D eigenvalue weighted by molar-refractivity contribution is 7.91. The summed E-state index contributed by atoms with van der Waals surface area (Å²) in [6.07, 6.45) is 3.52. The lowest BCUT2D eigenvalue weighted by Crippen LogP contribution is -2.34. The minimum atomic E-state index is -3.75. The molecule has 1 aromatic heterocycles. The lowest BCUT2D eigenvalue weighted by Gasteiger charge is -2.33. The van der Waals surface area contributed by atoms with E-state index in [1.165, 1.54) is 12.1 Å². The Morgan fingerprint density at radius 1 is 1.07 bits per heavy atom. The molecule has 0 unspecified atom stereocenters. The van der Waals surface area contributed by atoms with Crippen molar-refractivity contribution in [1.29, 1.82) is 0 Å². The fourth-order valence-corrected chi connectivity index (χ4v) is 5.25. The minimum Gasteiger partial charge on any atom is -0.370 e. The van der Waals surface area contributed by atoms with Crippen molar-refractivity contribution < 1.29 is 17.8 Å². The van der Waals surface area contributed by atoms with Crippen molar-refractivity contribution in [3.05, 3.63) is 60.0 Å². The van der Waals surface area contributed by atoms with Crippen LogP contribution in [0.25, 0.3) is 10.9 Å². The van der Waals surface area contributed by atoms with Crippen molar-refractivity contribution in [2.45, 2.75) is 36.5 Å². The SMILES string of the molecule is Cc1ccc(S(=O)(=O)c2c[nH+]c3ccc(F)cc3c2N2CCC(C)CC2)cc1. The molecule has 1 aliphatic heterocycles. The molecule has 1 aliphatic rings. The van der Waals surface area contributed by atoms with Crippen LogP contribution in [0.1, 0.15) is 25.3 Å². The second kappa shape index (κ2) is 7.17. The zero-order valence-corrected chi connectivity index (χ0v) is 16.9. The van der Waals surface area contributed by atoms with Gasteiger partial charge in [-0.05, 0) is 49.9 Å². The first-order valence-corrected chi connectivity index (χ1v) is 11.1. The molecule has 2 heterocycles. The molecule has 0 saturated carbocycles. The first kappa shape index (κ1) is 18.9. The van der Waals surface area contributed by atoms with Crippen LogP contribution < -0.4 is 9.88 Å². The summed E-state index contributed by atoms with van der Waals surface area (Å²) in [7, 11) is -3.75. The van der Waals surface area contributed by atoms with E-state index >= 15 is 0 Å². The molecule has 1 saturated heterocycles. The van der Waals surface area contributed by atoms with Gasteiger partial charge in [0.1, 0.15) is 5.82 Å². The summed E-state index contributed by atoms with van der Waals surface area (Å²) in [5.74, 6) is 0.226. The monoisotopic (exact) mass is 399 g/mol. The zero-order chi connectivity index (χ0) is 19.9. The molecular weight excluding hydrogens is 375 g/mol. The molecule has 0 bridgehead atoms. The van der Waals surface area contributed by atoms with Crippen LogP contribution in [0.15, 0.2) is 58.5 Å². The normalized spacial score (nSPS) is 15.9. The van der Waals surface area contributed by atoms with Gasteiger partial charge in [-0.15, -0.1) is 0 Å². The van der Waals surface area contributed by atoms with E-state index in [1.807, 2.05) is 6.92 Å². The number of nitrogens with one attached hydrogen (secondary N) is 1. The number of hydrogen-bond acceptors (Lipinski definition) is 3. The summed E-state index contributed by atoms with van der Waals surface area (Å²) < 4.78 is 41.0. The van der Waals surface area contributed by atoms with Crippen molar-refractivity contribution in [3.8, 4) is 0 Å². The first-order valence-electron chi connectivity index (χ1n) is 9.57. The first-order chi connectivity index (χ1) is 13.4. The van der Waals surface area contributed by atoms with Gasteiger partial charge in [-0.3, -0.25) is 0 Å². The van der Waals surface area contributed by atoms with E-state index in [0.717, 1.165) is 37.0 Å². The van der Waals surface area contributed by atoms with Gasteiger partial charge in [-0.25, -0.2) is 17.8 Å². The number of H-pyrrole nitrogens is 1. The molecule has 1 N–H and O–H groups in total. The number of piperidine rings is 1. The molecular formula is C22H24FN2O2S+. The second-order valence-electron chi connectivity index (χ2n) is 7.68. The summed E-state index contributed by atoms with van der Waals surface area (Å²) in [6.45, 7) is 5.64. The van der Waals surface area contributed by atoms with Gasteiger partial charge in [-0.1, -0.05) is 24.6 Å². The molecule has 4 nitrogen and oxygen atoms in total. The third kappa shape index (κ3) is 3.37. The molecule has 0 atom stereocenters. The van der Waals surface area contributed by atoms with Crippen LogP contribution in [0.2, 0.25) is 0 Å². The number of hydrogen-bond donors (Lipinski definition) is 0. The predicted molar refractivity (Wildman–Crippen MR) is 108 cm³/mol.